The first-order chi connectivity index (χ1) is 12.7. The van der Waals surface area contributed by atoms with Crippen molar-refractivity contribution in [3.05, 3.63) is 54.1 Å². The molecule has 2 aliphatic rings. The van der Waals surface area contributed by atoms with E-state index in [1.807, 2.05) is 30.3 Å². The molecule has 134 valence electrons. The van der Waals surface area contributed by atoms with Crippen LogP contribution in [0.1, 0.15) is 12.0 Å². The Morgan fingerprint density at radius 3 is 2.65 bits per heavy atom. The van der Waals surface area contributed by atoms with Crippen molar-refractivity contribution < 1.29 is 19.1 Å². The van der Waals surface area contributed by atoms with Gasteiger partial charge in [0.25, 0.3) is 0 Å². The summed E-state index contributed by atoms with van der Waals surface area (Å²) in [7, 11) is 0. The zero-order valence-corrected chi connectivity index (χ0v) is 14.3. The normalized spacial score (nSPS) is 18.7. The minimum absolute atomic E-state index is 0.0103. The Bertz CT molecular complexity index is 822. The number of rotatable bonds is 4. The summed E-state index contributed by atoms with van der Waals surface area (Å²) in [6.07, 6.45) is 0.239. The van der Waals surface area contributed by atoms with E-state index in [0.717, 1.165) is 5.56 Å². The van der Waals surface area contributed by atoms with Gasteiger partial charge in [-0.25, -0.2) is 0 Å². The smallest absolute Gasteiger partial charge is 0.229 e. The third kappa shape index (κ3) is 3.49. The topological polar surface area (TPSA) is 67.9 Å². The lowest BCUT2D eigenvalue weighted by Gasteiger charge is -2.19. The van der Waals surface area contributed by atoms with Crippen molar-refractivity contribution in [1.29, 1.82) is 0 Å². The molecule has 1 N–H and O–H groups in total. The van der Waals surface area contributed by atoms with Crippen molar-refractivity contribution in [3.63, 3.8) is 0 Å². The Morgan fingerprint density at radius 1 is 1.08 bits per heavy atom. The molecule has 2 aromatic carbocycles. The Morgan fingerprint density at radius 2 is 1.85 bits per heavy atom. The molecule has 0 unspecified atom stereocenters. The number of carbonyl (C=O) groups excluding carboxylic acids is 2. The number of nitrogens with one attached hydrogen (secondary N) is 1. The van der Waals surface area contributed by atoms with E-state index in [0.29, 0.717) is 43.5 Å². The van der Waals surface area contributed by atoms with Gasteiger partial charge >= 0.3 is 0 Å². The molecule has 2 aromatic rings. The Kier molecular flexibility index (Phi) is 4.48. The highest BCUT2D eigenvalue weighted by molar-refractivity contribution is 5.97. The molecule has 1 fully saturated rings. The lowest BCUT2D eigenvalue weighted by atomic mass is 10.1. The number of carbonyl (C=O) groups is 2. The number of benzene rings is 2. The van der Waals surface area contributed by atoms with Gasteiger partial charge < -0.3 is 19.7 Å². The Hall–Kier alpha value is -3.02. The molecule has 4 rings (SSSR count). The molecule has 2 aliphatic heterocycles. The maximum absolute atomic E-state index is 12.6. The molecule has 1 atom stereocenters. The molecule has 0 bridgehead atoms. The van der Waals surface area contributed by atoms with Gasteiger partial charge in [0.1, 0.15) is 13.2 Å². The van der Waals surface area contributed by atoms with Crippen LogP contribution in [0.15, 0.2) is 48.5 Å². The largest absolute Gasteiger partial charge is 0.486 e. The second-order valence-corrected chi connectivity index (χ2v) is 6.51. The third-order valence-electron chi connectivity index (χ3n) is 4.61. The van der Waals surface area contributed by atoms with Crippen LogP contribution in [-0.2, 0) is 16.1 Å². The molecule has 0 radical (unpaired) electrons. The molecule has 0 aromatic heterocycles. The monoisotopic (exact) mass is 352 g/mol. The Labute approximate surface area is 151 Å². The van der Waals surface area contributed by atoms with Gasteiger partial charge in [0.2, 0.25) is 11.8 Å². The van der Waals surface area contributed by atoms with E-state index in [-0.39, 0.29) is 24.2 Å². The summed E-state index contributed by atoms with van der Waals surface area (Å²) in [5.41, 5.74) is 1.71. The standard InChI is InChI=1S/C20H20N2O4/c23-19-10-15(13-22(19)12-14-4-2-1-3-5-14)20(24)21-16-6-7-17-18(11-16)26-9-8-25-17/h1-7,11,15H,8-10,12-13H2,(H,21,24)/t15-/m0/s1. The summed E-state index contributed by atoms with van der Waals surface area (Å²) < 4.78 is 11.0. The minimum atomic E-state index is -0.348. The number of hydrogen-bond donors (Lipinski definition) is 1. The predicted molar refractivity (Wildman–Crippen MR) is 96.0 cm³/mol. The fourth-order valence-electron chi connectivity index (χ4n) is 3.27. The first kappa shape index (κ1) is 16.4. The zero-order valence-electron chi connectivity index (χ0n) is 14.3. The zero-order chi connectivity index (χ0) is 17.9. The highest BCUT2D eigenvalue weighted by Crippen LogP contribution is 2.33. The van der Waals surface area contributed by atoms with Crippen molar-refractivity contribution in [1.82, 2.24) is 4.90 Å². The molecule has 0 aliphatic carbocycles. The van der Waals surface area contributed by atoms with Crippen LogP contribution < -0.4 is 14.8 Å². The molecule has 2 heterocycles. The first-order valence-electron chi connectivity index (χ1n) is 8.71. The SMILES string of the molecule is O=C(Nc1ccc2c(c1)OCCO2)[C@H]1CC(=O)N(Cc2ccccc2)C1. The fourth-order valence-corrected chi connectivity index (χ4v) is 3.27. The lowest BCUT2D eigenvalue weighted by molar-refractivity contribution is -0.128. The average Bonchev–Trinajstić information content (AvgIpc) is 3.03. The fraction of sp³-hybridized carbons (Fsp3) is 0.300. The second-order valence-electron chi connectivity index (χ2n) is 6.51. The quantitative estimate of drug-likeness (QED) is 0.918. The molecule has 6 heteroatoms. The van der Waals surface area contributed by atoms with Crippen LogP contribution in [0.25, 0.3) is 0 Å². The van der Waals surface area contributed by atoms with Crippen molar-refractivity contribution in [2.45, 2.75) is 13.0 Å². The summed E-state index contributed by atoms with van der Waals surface area (Å²) in [4.78, 5) is 26.6. The maximum atomic E-state index is 12.6. The molecule has 0 spiro atoms. The summed E-state index contributed by atoms with van der Waals surface area (Å²) in [5.74, 6) is 0.822. The van der Waals surface area contributed by atoms with Crippen LogP contribution in [0, 0.1) is 5.92 Å². The summed E-state index contributed by atoms with van der Waals surface area (Å²) in [6.45, 7) is 1.99. The molecule has 0 saturated carbocycles. The number of nitrogens with zero attached hydrogens (tertiary/aromatic N) is 1. The number of fused-ring (bicyclic) bond motifs is 1. The van der Waals surface area contributed by atoms with Crippen LogP contribution in [-0.4, -0.2) is 36.5 Å². The second kappa shape index (κ2) is 7.07. The highest BCUT2D eigenvalue weighted by atomic mass is 16.6. The van der Waals surface area contributed by atoms with Gasteiger partial charge in [-0.3, -0.25) is 9.59 Å². The van der Waals surface area contributed by atoms with Crippen LogP contribution in [0.2, 0.25) is 0 Å². The minimum Gasteiger partial charge on any atom is -0.486 e. The van der Waals surface area contributed by atoms with Crippen LogP contribution in [0.3, 0.4) is 0 Å². The number of hydrogen-bond acceptors (Lipinski definition) is 4. The third-order valence-corrected chi connectivity index (χ3v) is 4.61. The van der Waals surface area contributed by atoms with Gasteiger partial charge in [0.15, 0.2) is 11.5 Å². The van der Waals surface area contributed by atoms with Crippen LogP contribution in [0.5, 0.6) is 11.5 Å². The molecule has 2 amide bonds. The van der Waals surface area contributed by atoms with E-state index in [1.54, 1.807) is 23.1 Å². The van der Waals surface area contributed by atoms with Crippen molar-refractivity contribution in [3.8, 4) is 11.5 Å². The van der Waals surface area contributed by atoms with Gasteiger partial charge in [-0.05, 0) is 17.7 Å². The predicted octanol–water partition coefficient (Wildman–Crippen LogP) is 2.45. The number of anilines is 1. The molecule has 1 saturated heterocycles. The van der Waals surface area contributed by atoms with Gasteiger partial charge in [-0.15, -0.1) is 0 Å². The average molecular weight is 352 g/mol. The summed E-state index contributed by atoms with van der Waals surface area (Å²) in [5, 5.41) is 2.89. The lowest BCUT2D eigenvalue weighted by Crippen LogP contribution is -2.28. The number of ether oxygens (including phenoxy) is 2. The summed E-state index contributed by atoms with van der Waals surface area (Å²) in [6, 6.07) is 15.1. The van der Waals surface area contributed by atoms with Gasteiger partial charge in [-0.1, -0.05) is 30.3 Å². The van der Waals surface area contributed by atoms with E-state index in [2.05, 4.69) is 5.32 Å². The first-order valence-corrected chi connectivity index (χ1v) is 8.71. The van der Waals surface area contributed by atoms with Crippen LogP contribution >= 0.6 is 0 Å². The molecule has 26 heavy (non-hydrogen) atoms. The maximum Gasteiger partial charge on any atom is 0.229 e. The van der Waals surface area contributed by atoms with Crippen molar-refractivity contribution >= 4 is 17.5 Å². The van der Waals surface area contributed by atoms with Gasteiger partial charge in [0, 0.05) is 31.3 Å². The summed E-state index contributed by atoms with van der Waals surface area (Å²) >= 11 is 0. The number of likely N-dealkylation sites (tertiary alicyclic amines) is 1. The van der Waals surface area contributed by atoms with E-state index in [1.165, 1.54) is 0 Å². The molecule has 6 nitrogen and oxygen atoms in total. The Balaban J connectivity index is 1.39. The molecular weight excluding hydrogens is 332 g/mol. The van der Waals surface area contributed by atoms with Crippen molar-refractivity contribution in [2.75, 3.05) is 25.1 Å². The van der Waals surface area contributed by atoms with E-state index >= 15 is 0 Å². The van der Waals surface area contributed by atoms with Gasteiger partial charge in [0.05, 0.1) is 5.92 Å². The molecular formula is C20H20N2O4. The van der Waals surface area contributed by atoms with Crippen molar-refractivity contribution in [2.24, 2.45) is 5.92 Å². The van der Waals surface area contributed by atoms with E-state index in [4.69, 9.17) is 9.47 Å². The van der Waals surface area contributed by atoms with Gasteiger partial charge in [-0.2, -0.15) is 0 Å². The highest BCUT2D eigenvalue weighted by Gasteiger charge is 2.34. The van der Waals surface area contributed by atoms with E-state index in [9.17, 15) is 9.59 Å². The van der Waals surface area contributed by atoms with Crippen LogP contribution in [0.4, 0.5) is 5.69 Å². The van der Waals surface area contributed by atoms with E-state index < -0.39 is 0 Å². The number of amides is 2.